The summed E-state index contributed by atoms with van der Waals surface area (Å²) < 4.78 is 1.79. The maximum Gasteiger partial charge on any atom is 0.252 e. The van der Waals surface area contributed by atoms with Crippen LogP contribution in [-0.4, -0.2) is 51.1 Å². The molecule has 1 aliphatic heterocycles. The zero-order chi connectivity index (χ0) is 20.4. The number of aryl methyl sites for hydroxylation is 2. The van der Waals surface area contributed by atoms with Crippen LogP contribution < -0.4 is 5.32 Å². The SMILES string of the molecule is Cc1cc(C(=O)NCCCN2CCCC2=O)c2c(C)nn(-c3ccccc3)c2n1. The van der Waals surface area contributed by atoms with E-state index >= 15 is 0 Å². The zero-order valence-electron chi connectivity index (χ0n) is 16.8. The molecule has 3 heterocycles. The molecule has 0 aliphatic carbocycles. The van der Waals surface area contributed by atoms with Crippen molar-refractivity contribution in [1.29, 1.82) is 0 Å². The van der Waals surface area contributed by atoms with E-state index in [1.54, 1.807) is 4.68 Å². The first kappa shape index (κ1) is 19.1. The summed E-state index contributed by atoms with van der Waals surface area (Å²) in [6.07, 6.45) is 2.32. The molecular formula is C22H25N5O2. The van der Waals surface area contributed by atoms with Crippen LogP contribution in [0.4, 0.5) is 0 Å². The number of amides is 2. The predicted molar refractivity (Wildman–Crippen MR) is 111 cm³/mol. The van der Waals surface area contributed by atoms with E-state index in [9.17, 15) is 9.59 Å². The van der Waals surface area contributed by atoms with Crippen molar-refractivity contribution in [3.05, 3.63) is 53.3 Å². The quantitative estimate of drug-likeness (QED) is 0.655. The Morgan fingerprint density at radius 2 is 2.00 bits per heavy atom. The number of benzene rings is 1. The molecule has 4 rings (SSSR count). The van der Waals surface area contributed by atoms with Gasteiger partial charge in [0.2, 0.25) is 5.91 Å². The minimum atomic E-state index is -0.135. The van der Waals surface area contributed by atoms with Crippen molar-refractivity contribution in [2.75, 3.05) is 19.6 Å². The van der Waals surface area contributed by atoms with E-state index in [1.807, 2.05) is 55.1 Å². The Bertz CT molecular complexity index is 1060. The van der Waals surface area contributed by atoms with Crippen LogP contribution in [0.2, 0.25) is 0 Å². The average Bonchev–Trinajstić information content (AvgIpc) is 3.28. The topological polar surface area (TPSA) is 80.1 Å². The molecule has 1 N–H and O–H groups in total. The fourth-order valence-electron chi connectivity index (χ4n) is 3.85. The molecule has 0 bridgehead atoms. The van der Waals surface area contributed by atoms with Gasteiger partial charge in [0.25, 0.3) is 5.91 Å². The maximum absolute atomic E-state index is 12.9. The van der Waals surface area contributed by atoms with Gasteiger partial charge in [0, 0.05) is 31.7 Å². The van der Waals surface area contributed by atoms with Crippen LogP contribution in [0.3, 0.4) is 0 Å². The number of aromatic nitrogens is 3. The van der Waals surface area contributed by atoms with Gasteiger partial charge < -0.3 is 10.2 Å². The Labute approximate surface area is 169 Å². The van der Waals surface area contributed by atoms with Crippen LogP contribution in [0.5, 0.6) is 0 Å². The third kappa shape index (κ3) is 3.85. The van der Waals surface area contributed by atoms with Gasteiger partial charge in [-0.3, -0.25) is 9.59 Å². The second kappa shape index (κ2) is 8.03. The molecule has 7 heteroatoms. The van der Waals surface area contributed by atoms with Gasteiger partial charge in [0.1, 0.15) is 0 Å². The Kier molecular flexibility index (Phi) is 5.29. The van der Waals surface area contributed by atoms with E-state index in [2.05, 4.69) is 15.4 Å². The van der Waals surface area contributed by atoms with Crippen molar-refractivity contribution in [2.24, 2.45) is 0 Å². The Morgan fingerprint density at radius 3 is 2.72 bits per heavy atom. The smallest absolute Gasteiger partial charge is 0.252 e. The third-order valence-electron chi connectivity index (χ3n) is 5.25. The number of rotatable bonds is 6. The number of nitrogens with one attached hydrogen (secondary N) is 1. The molecule has 1 fully saturated rings. The lowest BCUT2D eigenvalue weighted by Gasteiger charge is -2.15. The minimum Gasteiger partial charge on any atom is -0.352 e. The molecule has 0 spiro atoms. The second-order valence-corrected chi connectivity index (χ2v) is 7.44. The molecular weight excluding hydrogens is 366 g/mol. The molecule has 1 aliphatic rings. The molecule has 0 unspecified atom stereocenters. The molecule has 1 saturated heterocycles. The number of hydrogen-bond acceptors (Lipinski definition) is 4. The fourth-order valence-corrected chi connectivity index (χ4v) is 3.85. The average molecular weight is 391 g/mol. The molecule has 2 aromatic heterocycles. The summed E-state index contributed by atoms with van der Waals surface area (Å²) in [5.41, 5.74) is 3.71. The molecule has 29 heavy (non-hydrogen) atoms. The highest BCUT2D eigenvalue weighted by Crippen LogP contribution is 2.24. The highest BCUT2D eigenvalue weighted by molar-refractivity contribution is 6.06. The van der Waals surface area contributed by atoms with Gasteiger partial charge in [-0.15, -0.1) is 0 Å². The summed E-state index contributed by atoms with van der Waals surface area (Å²) >= 11 is 0. The van der Waals surface area contributed by atoms with Crippen LogP contribution >= 0.6 is 0 Å². The molecule has 2 amide bonds. The summed E-state index contributed by atoms with van der Waals surface area (Å²) in [6.45, 7) is 5.82. The summed E-state index contributed by atoms with van der Waals surface area (Å²) in [5, 5.41) is 8.39. The van der Waals surface area contributed by atoms with Gasteiger partial charge in [-0.2, -0.15) is 5.10 Å². The van der Waals surface area contributed by atoms with Crippen molar-refractivity contribution in [1.82, 2.24) is 25.0 Å². The normalized spacial score (nSPS) is 14.0. The molecule has 0 radical (unpaired) electrons. The molecule has 0 saturated carbocycles. The maximum atomic E-state index is 12.9. The lowest BCUT2D eigenvalue weighted by atomic mass is 10.1. The number of nitrogens with zero attached hydrogens (tertiary/aromatic N) is 4. The van der Waals surface area contributed by atoms with Gasteiger partial charge in [0.05, 0.1) is 22.3 Å². The summed E-state index contributed by atoms with van der Waals surface area (Å²) in [4.78, 5) is 31.1. The standard InChI is InChI=1S/C22H25N5O2/c1-15-14-18(22(29)23-11-7-13-26-12-6-10-19(26)28)20-16(2)25-27(21(20)24-15)17-8-4-3-5-9-17/h3-5,8-9,14H,6-7,10-13H2,1-2H3,(H,23,29). The molecule has 7 nitrogen and oxygen atoms in total. The van der Waals surface area contributed by atoms with E-state index in [0.29, 0.717) is 30.7 Å². The number of para-hydroxylation sites is 1. The highest BCUT2D eigenvalue weighted by Gasteiger charge is 2.21. The Hall–Kier alpha value is -3.22. The third-order valence-corrected chi connectivity index (χ3v) is 5.25. The van der Waals surface area contributed by atoms with Gasteiger partial charge in [-0.05, 0) is 44.9 Å². The number of likely N-dealkylation sites (tertiary alicyclic amines) is 1. The van der Waals surface area contributed by atoms with E-state index in [-0.39, 0.29) is 11.8 Å². The number of pyridine rings is 1. The van der Waals surface area contributed by atoms with Crippen molar-refractivity contribution < 1.29 is 9.59 Å². The minimum absolute atomic E-state index is 0.135. The number of fused-ring (bicyclic) bond motifs is 1. The van der Waals surface area contributed by atoms with Gasteiger partial charge >= 0.3 is 0 Å². The van der Waals surface area contributed by atoms with Crippen LogP contribution in [0.1, 0.15) is 41.0 Å². The second-order valence-electron chi connectivity index (χ2n) is 7.44. The van der Waals surface area contributed by atoms with E-state index in [4.69, 9.17) is 0 Å². The fraction of sp³-hybridized carbons (Fsp3) is 0.364. The van der Waals surface area contributed by atoms with E-state index < -0.39 is 0 Å². The first-order valence-electron chi connectivity index (χ1n) is 10.0. The lowest BCUT2D eigenvalue weighted by Crippen LogP contribution is -2.30. The van der Waals surface area contributed by atoms with Crippen LogP contribution in [0.15, 0.2) is 36.4 Å². The van der Waals surface area contributed by atoms with Crippen LogP contribution in [-0.2, 0) is 4.79 Å². The lowest BCUT2D eigenvalue weighted by molar-refractivity contribution is -0.127. The first-order valence-corrected chi connectivity index (χ1v) is 10.0. The van der Waals surface area contributed by atoms with Crippen molar-refractivity contribution >= 4 is 22.8 Å². The summed E-state index contributed by atoms with van der Waals surface area (Å²) in [6, 6.07) is 11.6. The van der Waals surface area contributed by atoms with Crippen molar-refractivity contribution in [3.63, 3.8) is 0 Å². The number of carbonyl (C=O) groups excluding carboxylic acids is 2. The monoisotopic (exact) mass is 391 g/mol. The predicted octanol–water partition coefficient (Wildman–Crippen LogP) is 2.78. The number of carbonyl (C=O) groups is 2. The Morgan fingerprint density at radius 1 is 1.21 bits per heavy atom. The number of hydrogen-bond donors (Lipinski definition) is 1. The van der Waals surface area contributed by atoms with Crippen LogP contribution in [0, 0.1) is 13.8 Å². The molecule has 3 aromatic rings. The van der Waals surface area contributed by atoms with Gasteiger partial charge in [0.15, 0.2) is 5.65 Å². The molecule has 1 aromatic carbocycles. The van der Waals surface area contributed by atoms with E-state index in [0.717, 1.165) is 41.8 Å². The Balaban J connectivity index is 1.54. The largest absolute Gasteiger partial charge is 0.352 e. The van der Waals surface area contributed by atoms with Crippen molar-refractivity contribution in [3.8, 4) is 5.69 Å². The highest BCUT2D eigenvalue weighted by atomic mass is 16.2. The molecule has 0 atom stereocenters. The van der Waals surface area contributed by atoms with Gasteiger partial charge in [-0.25, -0.2) is 9.67 Å². The zero-order valence-corrected chi connectivity index (χ0v) is 16.8. The molecule has 150 valence electrons. The van der Waals surface area contributed by atoms with E-state index in [1.165, 1.54) is 0 Å². The summed E-state index contributed by atoms with van der Waals surface area (Å²) in [5.74, 6) is 0.0794. The summed E-state index contributed by atoms with van der Waals surface area (Å²) in [7, 11) is 0. The van der Waals surface area contributed by atoms with Crippen molar-refractivity contribution in [2.45, 2.75) is 33.1 Å². The van der Waals surface area contributed by atoms with Crippen LogP contribution in [0.25, 0.3) is 16.7 Å². The van der Waals surface area contributed by atoms with Gasteiger partial charge in [-0.1, -0.05) is 18.2 Å². The first-order chi connectivity index (χ1) is 14.0.